The van der Waals surface area contributed by atoms with Crippen molar-refractivity contribution in [2.45, 2.75) is 39.0 Å². The molecule has 5 heteroatoms. The summed E-state index contributed by atoms with van der Waals surface area (Å²) in [5, 5.41) is 0. The van der Waals surface area contributed by atoms with Crippen molar-refractivity contribution in [1.82, 2.24) is 0 Å². The minimum absolute atomic E-state index is 0.0305. The summed E-state index contributed by atoms with van der Waals surface area (Å²) in [5.41, 5.74) is 2.69. The zero-order chi connectivity index (χ0) is 19.4. The van der Waals surface area contributed by atoms with Crippen molar-refractivity contribution in [2.75, 3.05) is 13.4 Å². The Morgan fingerprint density at radius 1 is 1.00 bits per heavy atom. The van der Waals surface area contributed by atoms with Gasteiger partial charge in [0.15, 0.2) is 23.9 Å². The van der Waals surface area contributed by atoms with Crippen LogP contribution in [-0.2, 0) is 21.4 Å². The Hall–Kier alpha value is -2.82. The molecular formula is C22H24O5. The largest absolute Gasteiger partial charge is 0.457 e. The van der Waals surface area contributed by atoms with Gasteiger partial charge in [0, 0.05) is 12.0 Å². The van der Waals surface area contributed by atoms with Crippen molar-refractivity contribution >= 4 is 11.8 Å². The zero-order valence-electron chi connectivity index (χ0n) is 15.9. The summed E-state index contributed by atoms with van der Waals surface area (Å²) in [6.45, 7) is 6.33. The molecule has 0 aromatic heterocycles. The number of ether oxygens (including phenoxy) is 3. The Morgan fingerprint density at radius 2 is 1.70 bits per heavy atom. The summed E-state index contributed by atoms with van der Waals surface area (Å²) in [4.78, 5) is 24.1. The molecule has 0 amide bonds. The van der Waals surface area contributed by atoms with Gasteiger partial charge in [-0.1, -0.05) is 51.1 Å². The van der Waals surface area contributed by atoms with Crippen LogP contribution in [0.15, 0.2) is 42.5 Å². The van der Waals surface area contributed by atoms with Gasteiger partial charge in [-0.2, -0.15) is 0 Å². The molecule has 0 N–H and O–H groups in total. The van der Waals surface area contributed by atoms with E-state index in [2.05, 4.69) is 20.8 Å². The van der Waals surface area contributed by atoms with E-state index in [0.717, 1.165) is 11.1 Å². The monoisotopic (exact) mass is 368 g/mol. The number of carbonyl (C=O) groups is 2. The second-order valence-electron chi connectivity index (χ2n) is 7.60. The Labute approximate surface area is 159 Å². The molecule has 1 heterocycles. The Morgan fingerprint density at radius 3 is 2.41 bits per heavy atom. The summed E-state index contributed by atoms with van der Waals surface area (Å²) in [6.07, 6.45) is 0.722. The molecule has 0 unspecified atom stereocenters. The van der Waals surface area contributed by atoms with E-state index in [-0.39, 0.29) is 31.0 Å². The SMILES string of the molecule is CC(C)(C)c1ccc(C(=O)COC(=O)CCc2ccc3c(c2)OCO3)cc1. The van der Waals surface area contributed by atoms with Gasteiger partial charge in [-0.15, -0.1) is 0 Å². The fourth-order valence-corrected chi connectivity index (χ4v) is 2.80. The molecule has 0 atom stereocenters. The maximum atomic E-state index is 12.2. The van der Waals surface area contributed by atoms with Crippen LogP contribution in [0.5, 0.6) is 11.5 Å². The molecule has 5 nitrogen and oxygen atoms in total. The molecule has 27 heavy (non-hydrogen) atoms. The molecule has 0 bridgehead atoms. The molecule has 142 valence electrons. The number of rotatable bonds is 6. The van der Waals surface area contributed by atoms with Crippen LogP contribution in [0.2, 0.25) is 0 Å². The molecule has 3 rings (SSSR count). The molecule has 0 spiro atoms. The van der Waals surface area contributed by atoms with Crippen LogP contribution in [0.25, 0.3) is 0 Å². The molecule has 2 aromatic rings. The number of Topliss-reactive ketones (excluding diaryl/α,β-unsaturated/α-hetero) is 1. The van der Waals surface area contributed by atoms with Crippen molar-refractivity contribution in [3.8, 4) is 11.5 Å². The maximum Gasteiger partial charge on any atom is 0.306 e. The minimum Gasteiger partial charge on any atom is -0.457 e. The molecular weight excluding hydrogens is 344 g/mol. The lowest BCUT2D eigenvalue weighted by molar-refractivity contribution is -0.142. The van der Waals surface area contributed by atoms with Crippen molar-refractivity contribution in [3.05, 3.63) is 59.2 Å². The molecule has 0 aliphatic carbocycles. The lowest BCUT2D eigenvalue weighted by atomic mass is 9.86. The topological polar surface area (TPSA) is 61.8 Å². The van der Waals surface area contributed by atoms with E-state index in [1.54, 1.807) is 12.1 Å². The second-order valence-corrected chi connectivity index (χ2v) is 7.60. The van der Waals surface area contributed by atoms with Crippen LogP contribution in [0, 0.1) is 0 Å². The van der Waals surface area contributed by atoms with Crippen LogP contribution < -0.4 is 9.47 Å². The van der Waals surface area contributed by atoms with E-state index in [1.807, 2.05) is 30.3 Å². The highest BCUT2D eigenvalue weighted by molar-refractivity contribution is 5.98. The first-order valence-corrected chi connectivity index (χ1v) is 9.01. The van der Waals surface area contributed by atoms with Crippen LogP contribution >= 0.6 is 0 Å². The highest BCUT2D eigenvalue weighted by atomic mass is 16.7. The molecule has 2 aromatic carbocycles. The smallest absolute Gasteiger partial charge is 0.306 e. The van der Waals surface area contributed by atoms with Crippen LogP contribution in [0.1, 0.15) is 48.7 Å². The summed E-state index contributed by atoms with van der Waals surface area (Å²) in [6, 6.07) is 13.0. The summed E-state index contributed by atoms with van der Waals surface area (Å²) < 4.78 is 15.7. The first-order chi connectivity index (χ1) is 12.8. The average molecular weight is 368 g/mol. The van der Waals surface area contributed by atoms with Crippen molar-refractivity contribution in [1.29, 1.82) is 0 Å². The van der Waals surface area contributed by atoms with Gasteiger partial charge in [0.2, 0.25) is 6.79 Å². The number of benzene rings is 2. The maximum absolute atomic E-state index is 12.2. The molecule has 0 saturated heterocycles. The van der Waals surface area contributed by atoms with Crippen LogP contribution in [-0.4, -0.2) is 25.2 Å². The van der Waals surface area contributed by atoms with Crippen molar-refractivity contribution < 1.29 is 23.8 Å². The van der Waals surface area contributed by atoms with E-state index in [4.69, 9.17) is 14.2 Å². The molecule has 0 saturated carbocycles. The third-order valence-electron chi connectivity index (χ3n) is 4.49. The third-order valence-corrected chi connectivity index (χ3v) is 4.49. The Bertz CT molecular complexity index is 831. The van der Waals surface area contributed by atoms with Gasteiger partial charge < -0.3 is 14.2 Å². The lowest BCUT2D eigenvalue weighted by Crippen LogP contribution is -2.15. The Balaban J connectivity index is 1.46. The first-order valence-electron chi connectivity index (χ1n) is 9.01. The van der Waals surface area contributed by atoms with Gasteiger partial charge >= 0.3 is 5.97 Å². The van der Waals surface area contributed by atoms with E-state index < -0.39 is 5.97 Å². The van der Waals surface area contributed by atoms with Gasteiger partial charge in [0.25, 0.3) is 0 Å². The van der Waals surface area contributed by atoms with E-state index in [9.17, 15) is 9.59 Å². The highest BCUT2D eigenvalue weighted by Crippen LogP contribution is 2.32. The second kappa shape index (κ2) is 7.82. The van der Waals surface area contributed by atoms with E-state index >= 15 is 0 Å². The van der Waals surface area contributed by atoms with E-state index in [0.29, 0.717) is 23.5 Å². The number of esters is 1. The van der Waals surface area contributed by atoms with Crippen LogP contribution in [0.3, 0.4) is 0 Å². The molecule has 0 fully saturated rings. The van der Waals surface area contributed by atoms with Crippen LogP contribution in [0.4, 0.5) is 0 Å². The third kappa shape index (κ3) is 4.88. The minimum atomic E-state index is -0.396. The average Bonchev–Trinajstić information content (AvgIpc) is 3.11. The first kappa shape index (κ1) is 19.0. The molecule has 1 aliphatic rings. The number of ketones is 1. The quantitative estimate of drug-likeness (QED) is 0.568. The summed E-state index contributed by atoms with van der Waals surface area (Å²) in [5.74, 6) is 0.804. The fraction of sp³-hybridized carbons (Fsp3) is 0.364. The van der Waals surface area contributed by atoms with Gasteiger partial charge in [-0.3, -0.25) is 9.59 Å². The predicted molar refractivity (Wildman–Crippen MR) is 101 cm³/mol. The number of carbonyl (C=O) groups excluding carboxylic acids is 2. The zero-order valence-corrected chi connectivity index (χ0v) is 15.9. The number of aryl methyl sites for hydroxylation is 1. The standard InChI is InChI=1S/C22H24O5/c1-22(2,3)17-8-6-16(7-9-17)18(23)13-25-21(24)11-5-15-4-10-19-20(12-15)27-14-26-19/h4,6-10,12H,5,11,13-14H2,1-3H3. The van der Waals surface area contributed by atoms with Gasteiger partial charge in [-0.05, 0) is 35.1 Å². The predicted octanol–water partition coefficient (Wildman–Crippen LogP) is 4.07. The fourth-order valence-electron chi connectivity index (χ4n) is 2.80. The highest BCUT2D eigenvalue weighted by Gasteiger charge is 2.16. The van der Waals surface area contributed by atoms with E-state index in [1.165, 1.54) is 0 Å². The van der Waals surface area contributed by atoms with Crippen molar-refractivity contribution in [3.63, 3.8) is 0 Å². The molecule has 1 aliphatic heterocycles. The normalized spacial score (nSPS) is 12.7. The van der Waals surface area contributed by atoms with Crippen molar-refractivity contribution in [2.24, 2.45) is 0 Å². The molecule has 0 radical (unpaired) electrons. The lowest BCUT2D eigenvalue weighted by Gasteiger charge is -2.18. The number of hydrogen-bond donors (Lipinski definition) is 0. The van der Waals surface area contributed by atoms with Gasteiger partial charge in [-0.25, -0.2) is 0 Å². The summed E-state index contributed by atoms with van der Waals surface area (Å²) in [7, 11) is 0. The summed E-state index contributed by atoms with van der Waals surface area (Å²) >= 11 is 0. The Kier molecular flexibility index (Phi) is 5.49. The van der Waals surface area contributed by atoms with Gasteiger partial charge in [0.05, 0.1) is 0 Å². The number of fused-ring (bicyclic) bond motifs is 1. The van der Waals surface area contributed by atoms with Gasteiger partial charge in [0.1, 0.15) is 0 Å². The number of hydrogen-bond acceptors (Lipinski definition) is 5.